The van der Waals surface area contributed by atoms with E-state index in [4.69, 9.17) is 5.11 Å². The molecule has 0 aromatic heterocycles. The van der Waals surface area contributed by atoms with Gasteiger partial charge in [0.15, 0.2) is 0 Å². The second-order valence-electron chi connectivity index (χ2n) is 5.77. The Kier molecular flexibility index (Phi) is 5.36. The maximum Gasteiger partial charge on any atom is 0.322 e. The first-order chi connectivity index (χ1) is 11.0. The molecule has 0 bridgehead atoms. The van der Waals surface area contributed by atoms with Crippen molar-refractivity contribution in [1.29, 1.82) is 0 Å². The van der Waals surface area contributed by atoms with E-state index in [1.54, 1.807) is 4.90 Å². The molecule has 2 amide bonds. The molecule has 2 rings (SSSR count). The Morgan fingerprint density at radius 1 is 1.26 bits per heavy atom. The zero-order valence-electron chi connectivity index (χ0n) is 13.2. The van der Waals surface area contributed by atoms with E-state index in [1.807, 2.05) is 37.3 Å². The summed E-state index contributed by atoms with van der Waals surface area (Å²) in [5.41, 5.74) is -0.0262. The van der Waals surface area contributed by atoms with Gasteiger partial charge in [-0.25, -0.2) is 0 Å². The predicted molar refractivity (Wildman–Crippen MR) is 84.8 cm³/mol. The number of hydrogen-bond donors (Lipinski definition) is 2. The summed E-state index contributed by atoms with van der Waals surface area (Å²) in [5, 5.41) is 11.2. The van der Waals surface area contributed by atoms with Crippen molar-refractivity contribution in [1.82, 2.24) is 10.2 Å². The summed E-state index contributed by atoms with van der Waals surface area (Å²) in [7, 11) is 0. The van der Waals surface area contributed by atoms with E-state index in [0.29, 0.717) is 19.4 Å². The third kappa shape index (κ3) is 3.70. The first-order valence-corrected chi connectivity index (χ1v) is 7.84. The van der Waals surface area contributed by atoms with E-state index in [-0.39, 0.29) is 18.2 Å². The van der Waals surface area contributed by atoms with E-state index in [1.165, 1.54) is 0 Å². The van der Waals surface area contributed by atoms with Crippen LogP contribution in [0.5, 0.6) is 0 Å². The third-order valence-corrected chi connectivity index (χ3v) is 4.40. The number of carboxylic acids is 1. The van der Waals surface area contributed by atoms with Crippen LogP contribution in [0.1, 0.15) is 31.7 Å². The molecule has 6 heteroatoms. The Morgan fingerprint density at radius 3 is 2.57 bits per heavy atom. The molecule has 0 spiro atoms. The second kappa shape index (κ2) is 7.26. The minimum absolute atomic E-state index is 0.0963. The van der Waals surface area contributed by atoms with Crippen molar-refractivity contribution < 1.29 is 19.5 Å². The molecule has 6 nitrogen and oxygen atoms in total. The number of amides is 2. The molecule has 0 saturated carbocycles. The highest BCUT2D eigenvalue weighted by atomic mass is 16.4. The lowest BCUT2D eigenvalue weighted by atomic mass is 9.91. The molecule has 2 N–H and O–H groups in total. The average molecular weight is 318 g/mol. The smallest absolute Gasteiger partial charge is 0.322 e. The fraction of sp³-hybridized carbons (Fsp3) is 0.471. The highest BCUT2D eigenvalue weighted by Gasteiger charge is 2.47. The van der Waals surface area contributed by atoms with Gasteiger partial charge in [0.25, 0.3) is 0 Å². The molecule has 1 heterocycles. The van der Waals surface area contributed by atoms with Gasteiger partial charge in [0.1, 0.15) is 12.1 Å². The van der Waals surface area contributed by atoms with Crippen molar-refractivity contribution in [2.45, 2.75) is 38.1 Å². The van der Waals surface area contributed by atoms with E-state index < -0.39 is 18.1 Å². The van der Waals surface area contributed by atoms with Gasteiger partial charge in [-0.1, -0.05) is 37.3 Å². The number of likely N-dealkylation sites (tertiary alicyclic amines) is 1. The molecule has 1 aliphatic heterocycles. The van der Waals surface area contributed by atoms with Gasteiger partial charge in [0, 0.05) is 6.54 Å². The molecular weight excluding hydrogens is 296 g/mol. The zero-order chi connectivity index (χ0) is 16.9. The molecule has 0 aliphatic carbocycles. The normalized spacial score (nSPS) is 20.3. The van der Waals surface area contributed by atoms with Crippen molar-refractivity contribution in [3.8, 4) is 0 Å². The van der Waals surface area contributed by atoms with Crippen LogP contribution in [0, 0.1) is 0 Å². The maximum atomic E-state index is 12.7. The number of carboxylic acid groups (broad SMARTS) is 1. The largest absolute Gasteiger partial charge is 0.480 e. The maximum absolute atomic E-state index is 12.7. The van der Waals surface area contributed by atoms with Gasteiger partial charge in [-0.2, -0.15) is 0 Å². The van der Waals surface area contributed by atoms with Crippen molar-refractivity contribution in [3.05, 3.63) is 35.9 Å². The molecular formula is C17H22N2O4. The van der Waals surface area contributed by atoms with Crippen LogP contribution in [0.3, 0.4) is 0 Å². The van der Waals surface area contributed by atoms with Gasteiger partial charge in [-0.05, 0) is 24.8 Å². The van der Waals surface area contributed by atoms with Crippen molar-refractivity contribution in [3.63, 3.8) is 0 Å². The summed E-state index contributed by atoms with van der Waals surface area (Å²) in [5.74, 6) is -1.56. The van der Waals surface area contributed by atoms with Crippen LogP contribution < -0.4 is 5.32 Å². The zero-order valence-corrected chi connectivity index (χ0v) is 13.2. The number of nitrogens with zero attached hydrogens (tertiary/aromatic N) is 1. The Balaban J connectivity index is 2.13. The fourth-order valence-corrected chi connectivity index (χ4v) is 3.19. The summed E-state index contributed by atoms with van der Waals surface area (Å²) in [4.78, 5) is 37.5. The Morgan fingerprint density at radius 2 is 1.96 bits per heavy atom. The highest BCUT2D eigenvalue weighted by molar-refractivity contribution is 5.94. The Hall–Kier alpha value is -2.37. The van der Waals surface area contributed by atoms with Crippen LogP contribution in [-0.2, 0) is 20.8 Å². The first kappa shape index (κ1) is 17.0. The molecule has 1 aromatic rings. The number of carbonyl (C=O) groups excluding carboxylic acids is 2. The monoisotopic (exact) mass is 318 g/mol. The molecule has 1 aromatic carbocycles. The first-order valence-electron chi connectivity index (χ1n) is 7.84. The van der Waals surface area contributed by atoms with Gasteiger partial charge < -0.3 is 15.3 Å². The van der Waals surface area contributed by atoms with Gasteiger partial charge in [0.05, 0.1) is 6.42 Å². The van der Waals surface area contributed by atoms with E-state index >= 15 is 0 Å². The van der Waals surface area contributed by atoms with E-state index in [9.17, 15) is 14.4 Å². The molecule has 124 valence electrons. The second-order valence-corrected chi connectivity index (χ2v) is 5.77. The summed E-state index contributed by atoms with van der Waals surface area (Å²) in [6, 6.07) is 9.40. The van der Waals surface area contributed by atoms with Crippen molar-refractivity contribution in [2.24, 2.45) is 0 Å². The summed E-state index contributed by atoms with van der Waals surface area (Å²) in [6.07, 6.45) is 2.03. The summed E-state index contributed by atoms with van der Waals surface area (Å²) in [6.45, 7) is 1.95. The number of nitrogens with one attached hydrogen (secondary N) is 1. The number of hydrogen-bond acceptors (Lipinski definition) is 3. The van der Waals surface area contributed by atoms with E-state index in [0.717, 1.165) is 12.0 Å². The molecule has 1 atom stereocenters. The van der Waals surface area contributed by atoms with E-state index in [2.05, 4.69) is 5.32 Å². The van der Waals surface area contributed by atoms with Crippen molar-refractivity contribution >= 4 is 17.8 Å². The SMILES string of the molecule is CC[C@@]1(C(=O)NCC(=O)O)CCCN1C(=O)Cc1ccccc1. The minimum Gasteiger partial charge on any atom is -0.480 e. The van der Waals surface area contributed by atoms with Crippen LogP contribution >= 0.6 is 0 Å². The Bertz CT molecular complexity index is 588. The summed E-state index contributed by atoms with van der Waals surface area (Å²) < 4.78 is 0. The van der Waals surface area contributed by atoms with Gasteiger partial charge in [-0.15, -0.1) is 0 Å². The van der Waals surface area contributed by atoms with Crippen LogP contribution in [0.2, 0.25) is 0 Å². The van der Waals surface area contributed by atoms with Gasteiger partial charge in [0.2, 0.25) is 11.8 Å². The fourth-order valence-electron chi connectivity index (χ4n) is 3.19. The predicted octanol–water partition coefficient (Wildman–Crippen LogP) is 1.20. The number of carbonyl (C=O) groups is 3. The number of rotatable bonds is 6. The van der Waals surface area contributed by atoms with Crippen LogP contribution in [0.4, 0.5) is 0 Å². The van der Waals surface area contributed by atoms with Gasteiger partial charge >= 0.3 is 5.97 Å². The molecule has 1 saturated heterocycles. The van der Waals surface area contributed by atoms with Crippen LogP contribution in [-0.4, -0.2) is 46.4 Å². The van der Waals surface area contributed by atoms with Crippen molar-refractivity contribution in [2.75, 3.05) is 13.1 Å². The average Bonchev–Trinajstić information content (AvgIpc) is 2.98. The number of benzene rings is 1. The topological polar surface area (TPSA) is 86.7 Å². The molecule has 23 heavy (non-hydrogen) atoms. The van der Waals surface area contributed by atoms with Gasteiger partial charge in [-0.3, -0.25) is 14.4 Å². The molecule has 1 aliphatic rings. The summed E-state index contributed by atoms with van der Waals surface area (Å²) >= 11 is 0. The minimum atomic E-state index is -1.09. The molecule has 0 radical (unpaired) electrons. The standard InChI is InChI=1S/C17H22N2O4/c1-2-17(16(23)18-12-15(21)22)9-6-10-19(17)14(20)11-13-7-4-3-5-8-13/h3-5,7-8H,2,6,9-12H2,1H3,(H,18,23)(H,21,22)/t17-/m0/s1. The lowest BCUT2D eigenvalue weighted by molar-refractivity contribution is -0.146. The quantitative estimate of drug-likeness (QED) is 0.825. The number of aliphatic carboxylic acids is 1. The highest BCUT2D eigenvalue weighted by Crippen LogP contribution is 2.33. The lowest BCUT2D eigenvalue weighted by Crippen LogP contribution is -2.58. The lowest BCUT2D eigenvalue weighted by Gasteiger charge is -2.36. The van der Waals surface area contributed by atoms with Crippen LogP contribution in [0.25, 0.3) is 0 Å². The molecule has 1 fully saturated rings. The Labute approximate surface area is 135 Å². The molecule has 0 unspecified atom stereocenters. The third-order valence-electron chi connectivity index (χ3n) is 4.40. The van der Waals surface area contributed by atoms with Crippen LogP contribution in [0.15, 0.2) is 30.3 Å².